The zero-order chi connectivity index (χ0) is 28.4. The molecule has 0 saturated carbocycles. The average Bonchev–Trinajstić information content (AvgIpc) is 3.07. The SMILES string of the molecule is C(=Cc1ccccc1N=Nc1c(C=Cc2ccccc2)ccc(-c2ccccc2)c1-c1ccccc1)c1ccccc1. The molecule has 0 aliphatic carbocycles. The first-order valence-electron chi connectivity index (χ1n) is 14.1. The van der Waals surface area contributed by atoms with Crippen molar-refractivity contribution >= 4 is 35.7 Å². The van der Waals surface area contributed by atoms with Gasteiger partial charge in [0, 0.05) is 16.7 Å². The third kappa shape index (κ3) is 6.41. The summed E-state index contributed by atoms with van der Waals surface area (Å²) in [5.41, 5.74) is 10.3. The van der Waals surface area contributed by atoms with Gasteiger partial charge in [0.15, 0.2) is 0 Å². The molecule has 2 nitrogen and oxygen atoms in total. The van der Waals surface area contributed by atoms with Gasteiger partial charge in [-0.3, -0.25) is 0 Å². The van der Waals surface area contributed by atoms with Gasteiger partial charge < -0.3 is 0 Å². The molecule has 0 radical (unpaired) electrons. The molecule has 0 aliphatic rings. The molecule has 42 heavy (non-hydrogen) atoms. The van der Waals surface area contributed by atoms with Gasteiger partial charge in [-0.2, -0.15) is 0 Å². The molecular formula is C40H30N2. The average molecular weight is 539 g/mol. The van der Waals surface area contributed by atoms with Crippen LogP contribution in [0.1, 0.15) is 22.3 Å². The highest BCUT2D eigenvalue weighted by molar-refractivity contribution is 5.95. The summed E-state index contributed by atoms with van der Waals surface area (Å²) in [6.45, 7) is 0. The molecule has 200 valence electrons. The second-order valence-electron chi connectivity index (χ2n) is 9.90. The molecule has 0 heterocycles. The van der Waals surface area contributed by atoms with Crippen LogP contribution in [0.15, 0.2) is 168 Å². The predicted molar refractivity (Wildman–Crippen MR) is 179 cm³/mol. The number of azo groups is 1. The Morgan fingerprint density at radius 3 is 1.48 bits per heavy atom. The third-order valence-corrected chi connectivity index (χ3v) is 7.06. The van der Waals surface area contributed by atoms with Crippen LogP contribution in [0.25, 0.3) is 46.6 Å². The summed E-state index contributed by atoms with van der Waals surface area (Å²) in [4.78, 5) is 0. The largest absolute Gasteiger partial charge is 0.150 e. The van der Waals surface area contributed by atoms with Gasteiger partial charge >= 0.3 is 0 Å². The van der Waals surface area contributed by atoms with E-state index in [2.05, 4.69) is 115 Å². The summed E-state index contributed by atoms with van der Waals surface area (Å²) in [5, 5.41) is 9.87. The van der Waals surface area contributed by atoms with Crippen LogP contribution in [0.5, 0.6) is 0 Å². The van der Waals surface area contributed by atoms with Crippen molar-refractivity contribution in [2.24, 2.45) is 10.2 Å². The minimum absolute atomic E-state index is 0.812. The molecule has 0 unspecified atom stereocenters. The van der Waals surface area contributed by atoms with Crippen molar-refractivity contribution in [2.75, 3.05) is 0 Å². The van der Waals surface area contributed by atoms with E-state index in [1.54, 1.807) is 0 Å². The Bertz CT molecular complexity index is 1840. The zero-order valence-electron chi connectivity index (χ0n) is 23.2. The van der Waals surface area contributed by atoms with Crippen molar-refractivity contribution < 1.29 is 0 Å². The molecule has 0 N–H and O–H groups in total. The second-order valence-corrected chi connectivity index (χ2v) is 9.90. The van der Waals surface area contributed by atoms with Gasteiger partial charge in [0.1, 0.15) is 5.69 Å². The maximum Gasteiger partial charge on any atom is 0.101 e. The molecule has 0 aromatic heterocycles. The number of benzene rings is 6. The second kappa shape index (κ2) is 13.2. The Hall–Kier alpha value is -5.60. The Morgan fingerprint density at radius 1 is 0.357 bits per heavy atom. The summed E-state index contributed by atoms with van der Waals surface area (Å²) < 4.78 is 0. The minimum atomic E-state index is 0.812. The van der Waals surface area contributed by atoms with Crippen molar-refractivity contribution in [3.8, 4) is 22.3 Å². The van der Waals surface area contributed by atoms with Crippen LogP contribution in [0.4, 0.5) is 11.4 Å². The quantitative estimate of drug-likeness (QED) is 0.136. The van der Waals surface area contributed by atoms with Gasteiger partial charge in [-0.1, -0.05) is 176 Å². The molecule has 0 amide bonds. The first-order chi connectivity index (χ1) is 20.8. The van der Waals surface area contributed by atoms with Gasteiger partial charge in [0.25, 0.3) is 0 Å². The molecule has 6 aromatic carbocycles. The van der Waals surface area contributed by atoms with Crippen molar-refractivity contribution in [1.82, 2.24) is 0 Å². The Morgan fingerprint density at radius 2 is 0.857 bits per heavy atom. The number of hydrogen-bond acceptors (Lipinski definition) is 2. The summed E-state index contributed by atoms with van der Waals surface area (Å²) >= 11 is 0. The van der Waals surface area contributed by atoms with E-state index in [1.807, 2.05) is 66.7 Å². The number of rotatable bonds is 8. The molecule has 6 rings (SSSR count). The molecule has 2 heteroatoms. The molecule has 0 bridgehead atoms. The van der Waals surface area contributed by atoms with Crippen LogP contribution in [-0.4, -0.2) is 0 Å². The van der Waals surface area contributed by atoms with E-state index in [1.165, 1.54) is 0 Å². The van der Waals surface area contributed by atoms with Gasteiger partial charge in [-0.05, 0) is 33.9 Å². The maximum absolute atomic E-state index is 5.01. The lowest BCUT2D eigenvalue weighted by molar-refractivity contribution is 1.22. The summed E-state index contributed by atoms with van der Waals surface area (Å²) in [6.07, 6.45) is 8.46. The molecule has 6 aromatic rings. The predicted octanol–water partition coefficient (Wildman–Crippen LogP) is 11.8. The smallest absolute Gasteiger partial charge is 0.101 e. The first kappa shape index (κ1) is 26.6. The topological polar surface area (TPSA) is 24.7 Å². The van der Waals surface area contributed by atoms with Gasteiger partial charge in [-0.25, -0.2) is 0 Å². The minimum Gasteiger partial charge on any atom is -0.150 e. The van der Waals surface area contributed by atoms with E-state index in [0.29, 0.717) is 0 Å². The van der Waals surface area contributed by atoms with Crippen molar-refractivity contribution in [3.63, 3.8) is 0 Å². The van der Waals surface area contributed by atoms with Crippen LogP contribution in [0, 0.1) is 0 Å². The van der Waals surface area contributed by atoms with E-state index in [9.17, 15) is 0 Å². The summed E-state index contributed by atoms with van der Waals surface area (Å²) in [7, 11) is 0. The van der Waals surface area contributed by atoms with E-state index < -0.39 is 0 Å². The molecule has 0 spiro atoms. The van der Waals surface area contributed by atoms with Gasteiger partial charge in [0.2, 0.25) is 0 Å². The lowest BCUT2D eigenvalue weighted by Crippen LogP contribution is -1.89. The van der Waals surface area contributed by atoms with E-state index in [0.717, 1.165) is 55.9 Å². The van der Waals surface area contributed by atoms with Crippen molar-refractivity contribution in [3.05, 3.63) is 180 Å². The van der Waals surface area contributed by atoms with E-state index >= 15 is 0 Å². The zero-order valence-corrected chi connectivity index (χ0v) is 23.2. The number of hydrogen-bond donors (Lipinski definition) is 0. The number of nitrogens with zero attached hydrogens (tertiary/aromatic N) is 2. The standard InChI is InChI=1S/C40H30N2/c1-5-15-31(16-6-1)25-27-34-21-13-14-24-38(34)41-42-40-36(28-26-32-17-7-2-8-18-32)29-30-37(33-19-9-3-10-20-33)39(40)35-22-11-4-12-23-35/h1-30H. The van der Waals surface area contributed by atoms with E-state index in [-0.39, 0.29) is 0 Å². The van der Waals surface area contributed by atoms with E-state index in [4.69, 9.17) is 10.2 Å². The normalized spacial score (nSPS) is 11.5. The van der Waals surface area contributed by atoms with Crippen molar-refractivity contribution in [1.29, 1.82) is 0 Å². The molecule has 0 saturated heterocycles. The third-order valence-electron chi connectivity index (χ3n) is 7.06. The molecular weight excluding hydrogens is 508 g/mol. The first-order valence-corrected chi connectivity index (χ1v) is 14.1. The lowest BCUT2D eigenvalue weighted by atomic mass is 9.90. The lowest BCUT2D eigenvalue weighted by Gasteiger charge is -2.15. The van der Waals surface area contributed by atoms with Crippen molar-refractivity contribution in [2.45, 2.75) is 0 Å². The Balaban J connectivity index is 1.51. The van der Waals surface area contributed by atoms with Crippen LogP contribution in [0.3, 0.4) is 0 Å². The van der Waals surface area contributed by atoms with Crippen LogP contribution < -0.4 is 0 Å². The molecule has 0 fully saturated rings. The Kier molecular flexibility index (Phi) is 8.34. The fraction of sp³-hybridized carbons (Fsp3) is 0. The van der Waals surface area contributed by atoms with Crippen LogP contribution >= 0.6 is 0 Å². The van der Waals surface area contributed by atoms with Gasteiger partial charge in [0.05, 0.1) is 5.69 Å². The highest BCUT2D eigenvalue weighted by atomic mass is 15.1. The highest BCUT2D eigenvalue weighted by Crippen LogP contribution is 2.43. The maximum atomic E-state index is 5.01. The fourth-order valence-electron chi connectivity index (χ4n) is 4.93. The molecule has 0 atom stereocenters. The Labute approximate surface area is 247 Å². The summed E-state index contributed by atoms with van der Waals surface area (Å²) in [6, 6.07) is 54.0. The summed E-state index contributed by atoms with van der Waals surface area (Å²) in [5.74, 6) is 0. The molecule has 0 aliphatic heterocycles. The van der Waals surface area contributed by atoms with Gasteiger partial charge in [-0.15, -0.1) is 10.2 Å². The monoisotopic (exact) mass is 538 g/mol. The fourth-order valence-corrected chi connectivity index (χ4v) is 4.93. The highest BCUT2D eigenvalue weighted by Gasteiger charge is 2.16. The van der Waals surface area contributed by atoms with Crippen LogP contribution in [-0.2, 0) is 0 Å². The van der Waals surface area contributed by atoms with Crippen LogP contribution in [0.2, 0.25) is 0 Å².